The zero-order valence-corrected chi connectivity index (χ0v) is 16.5. The molecule has 2 aromatic rings. The van der Waals surface area contributed by atoms with E-state index in [1.807, 2.05) is 27.0 Å². The number of rotatable bonds is 5. The monoisotopic (exact) mass is 375 g/mol. The average molecular weight is 375 g/mol. The van der Waals surface area contributed by atoms with Gasteiger partial charge in [-0.3, -0.25) is 9.48 Å². The summed E-state index contributed by atoms with van der Waals surface area (Å²) in [5.41, 5.74) is 2.58. The fourth-order valence-electron chi connectivity index (χ4n) is 3.12. The number of ether oxygens (including phenoxy) is 1. The third-order valence-electron chi connectivity index (χ3n) is 4.46. The lowest BCUT2D eigenvalue weighted by Crippen LogP contribution is -2.25. The van der Waals surface area contributed by atoms with Crippen LogP contribution in [0.4, 0.5) is 5.00 Å². The van der Waals surface area contributed by atoms with Crippen LogP contribution in [-0.4, -0.2) is 27.8 Å². The van der Waals surface area contributed by atoms with Crippen molar-refractivity contribution in [2.45, 2.75) is 65.5 Å². The van der Waals surface area contributed by atoms with Gasteiger partial charge in [0.1, 0.15) is 11.0 Å². The van der Waals surface area contributed by atoms with E-state index in [4.69, 9.17) is 4.74 Å². The van der Waals surface area contributed by atoms with E-state index in [1.54, 1.807) is 17.8 Å². The van der Waals surface area contributed by atoms with Crippen LogP contribution in [0.2, 0.25) is 0 Å². The molecule has 0 saturated heterocycles. The molecule has 1 unspecified atom stereocenters. The van der Waals surface area contributed by atoms with E-state index in [-0.39, 0.29) is 18.0 Å². The highest BCUT2D eigenvalue weighted by Gasteiger charge is 2.29. The van der Waals surface area contributed by atoms with Crippen molar-refractivity contribution < 1.29 is 14.3 Å². The first-order chi connectivity index (χ1) is 12.4. The van der Waals surface area contributed by atoms with Gasteiger partial charge in [-0.05, 0) is 64.5 Å². The number of aromatic nitrogens is 2. The van der Waals surface area contributed by atoms with Crippen LogP contribution in [0.1, 0.15) is 66.0 Å². The van der Waals surface area contributed by atoms with E-state index in [0.717, 1.165) is 36.8 Å². The van der Waals surface area contributed by atoms with E-state index in [1.165, 1.54) is 16.2 Å². The molecule has 0 aliphatic heterocycles. The number of hydrogen-bond acceptors (Lipinski definition) is 5. The Morgan fingerprint density at radius 2 is 2.00 bits per heavy atom. The molecule has 0 bridgehead atoms. The van der Waals surface area contributed by atoms with Gasteiger partial charge >= 0.3 is 5.97 Å². The van der Waals surface area contributed by atoms with Crippen molar-refractivity contribution in [2.24, 2.45) is 0 Å². The number of nitrogens with zero attached hydrogens (tertiary/aromatic N) is 2. The summed E-state index contributed by atoms with van der Waals surface area (Å²) in [5.74, 6) is -0.539. The molecule has 6 nitrogen and oxygen atoms in total. The van der Waals surface area contributed by atoms with E-state index in [0.29, 0.717) is 10.6 Å². The molecule has 1 aliphatic carbocycles. The number of esters is 1. The molecule has 7 heteroatoms. The molecule has 0 aromatic carbocycles. The van der Waals surface area contributed by atoms with Gasteiger partial charge in [0.2, 0.25) is 5.91 Å². The van der Waals surface area contributed by atoms with Crippen molar-refractivity contribution >= 4 is 28.2 Å². The van der Waals surface area contributed by atoms with Crippen molar-refractivity contribution in [2.75, 3.05) is 5.32 Å². The number of thiophene rings is 1. The number of nitrogens with one attached hydrogen (secondary N) is 1. The van der Waals surface area contributed by atoms with Crippen molar-refractivity contribution in [3.05, 3.63) is 34.0 Å². The van der Waals surface area contributed by atoms with E-state index in [9.17, 15) is 9.59 Å². The molecule has 140 valence electrons. The predicted octanol–water partition coefficient (Wildman–Crippen LogP) is 3.90. The van der Waals surface area contributed by atoms with Gasteiger partial charge in [-0.15, -0.1) is 11.3 Å². The molecule has 2 aromatic heterocycles. The summed E-state index contributed by atoms with van der Waals surface area (Å²) in [7, 11) is 0. The summed E-state index contributed by atoms with van der Waals surface area (Å²) in [5, 5.41) is 7.76. The van der Waals surface area contributed by atoms with Crippen molar-refractivity contribution in [1.82, 2.24) is 9.78 Å². The molecule has 1 aliphatic rings. The highest BCUT2D eigenvalue weighted by Crippen LogP contribution is 2.39. The third kappa shape index (κ3) is 3.82. The molecule has 0 saturated carbocycles. The first-order valence-electron chi connectivity index (χ1n) is 9.04. The van der Waals surface area contributed by atoms with Crippen LogP contribution in [0, 0.1) is 6.92 Å². The molecular formula is C19H25N3O3S. The summed E-state index contributed by atoms with van der Waals surface area (Å²) in [6, 6.07) is -0.461. The van der Waals surface area contributed by atoms with Crippen LogP contribution in [-0.2, 0) is 22.4 Å². The number of amides is 1. The Kier molecular flexibility index (Phi) is 5.46. The minimum atomic E-state index is -0.461. The minimum Gasteiger partial charge on any atom is -0.459 e. The number of aryl methyl sites for hydroxylation is 2. The molecular weight excluding hydrogens is 350 g/mol. The van der Waals surface area contributed by atoms with Gasteiger partial charge in [-0.2, -0.15) is 5.10 Å². The maximum atomic E-state index is 12.7. The summed E-state index contributed by atoms with van der Waals surface area (Å²) in [4.78, 5) is 26.5. The van der Waals surface area contributed by atoms with E-state index >= 15 is 0 Å². The minimum absolute atomic E-state index is 0.190. The highest BCUT2D eigenvalue weighted by atomic mass is 32.1. The lowest BCUT2D eigenvalue weighted by atomic mass is 9.95. The normalized spacial score (nSPS) is 14.8. The molecule has 1 N–H and O–H groups in total. The van der Waals surface area contributed by atoms with Crippen LogP contribution in [0.25, 0.3) is 0 Å². The number of carbonyl (C=O) groups excluding carboxylic acids is 2. The fraction of sp³-hybridized carbons (Fsp3) is 0.526. The zero-order chi connectivity index (χ0) is 18.8. The Morgan fingerprint density at radius 1 is 1.27 bits per heavy atom. The van der Waals surface area contributed by atoms with Crippen LogP contribution in [0.15, 0.2) is 12.4 Å². The number of hydrogen-bond donors (Lipinski definition) is 1. The summed E-state index contributed by atoms with van der Waals surface area (Å²) in [6.07, 6.45) is 7.33. The topological polar surface area (TPSA) is 73.2 Å². The van der Waals surface area contributed by atoms with Gasteiger partial charge in [0, 0.05) is 11.1 Å². The van der Waals surface area contributed by atoms with Crippen LogP contribution >= 0.6 is 11.3 Å². The highest BCUT2D eigenvalue weighted by molar-refractivity contribution is 7.17. The molecule has 0 spiro atoms. The zero-order valence-electron chi connectivity index (χ0n) is 15.7. The van der Waals surface area contributed by atoms with Crippen LogP contribution < -0.4 is 5.32 Å². The maximum Gasteiger partial charge on any atom is 0.341 e. The van der Waals surface area contributed by atoms with Gasteiger partial charge in [0.25, 0.3) is 0 Å². The molecule has 2 heterocycles. The molecule has 1 amide bonds. The van der Waals surface area contributed by atoms with Crippen LogP contribution in [0.5, 0.6) is 0 Å². The average Bonchev–Trinajstić information content (AvgIpc) is 3.16. The largest absolute Gasteiger partial charge is 0.459 e. The second-order valence-electron chi connectivity index (χ2n) is 7.03. The van der Waals surface area contributed by atoms with Crippen LogP contribution in [0.3, 0.4) is 0 Å². The molecule has 3 rings (SSSR count). The number of anilines is 1. The molecule has 26 heavy (non-hydrogen) atoms. The van der Waals surface area contributed by atoms with Crippen molar-refractivity contribution in [1.29, 1.82) is 0 Å². The first-order valence-corrected chi connectivity index (χ1v) is 9.85. The maximum absolute atomic E-state index is 12.7. The standard InChI is InChI=1S/C19H25N3O3S/c1-11(2)25-19(24)16-14-7-5-6-8-15(14)26-18(16)21-17(23)13(4)22-10-12(3)9-20-22/h9-11,13H,5-8H2,1-4H3,(H,21,23). The fourth-order valence-corrected chi connectivity index (χ4v) is 4.40. The SMILES string of the molecule is Cc1cnn(C(C)C(=O)Nc2sc3c(c2C(=O)OC(C)C)CCCC3)c1. The summed E-state index contributed by atoms with van der Waals surface area (Å²) >= 11 is 1.50. The Balaban J connectivity index is 1.87. The second kappa shape index (κ2) is 7.61. The van der Waals surface area contributed by atoms with Gasteiger partial charge in [-0.25, -0.2) is 4.79 Å². The summed E-state index contributed by atoms with van der Waals surface area (Å²) < 4.78 is 7.06. The van der Waals surface area contributed by atoms with E-state index in [2.05, 4.69) is 10.4 Å². The smallest absolute Gasteiger partial charge is 0.341 e. The van der Waals surface area contributed by atoms with Crippen molar-refractivity contribution in [3.63, 3.8) is 0 Å². The van der Waals surface area contributed by atoms with Gasteiger partial charge in [0.15, 0.2) is 0 Å². The summed E-state index contributed by atoms with van der Waals surface area (Å²) in [6.45, 7) is 7.39. The number of fused-ring (bicyclic) bond motifs is 1. The molecule has 0 radical (unpaired) electrons. The first kappa shape index (κ1) is 18.6. The van der Waals surface area contributed by atoms with Gasteiger partial charge < -0.3 is 10.1 Å². The quantitative estimate of drug-likeness (QED) is 0.805. The van der Waals surface area contributed by atoms with Gasteiger partial charge in [0.05, 0.1) is 17.9 Å². The lowest BCUT2D eigenvalue weighted by molar-refractivity contribution is -0.119. The molecule has 0 fully saturated rings. The number of carbonyl (C=O) groups is 2. The Hall–Kier alpha value is -2.15. The van der Waals surface area contributed by atoms with E-state index < -0.39 is 6.04 Å². The predicted molar refractivity (Wildman–Crippen MR) is 102 cm³/mol. The Labute approximate surface area is 157 Å². The van der Waals surface area contributed by atoms with Gasteiger partial charge in [-0.1, -0.05) is 0 Å². The Morgan fingerprint density at radius 3 is 2.65 bits per heavy atom. The van der Waals surface area contributed by atoms with Crippen molar-refractivity contribution in [3.8, 4) is 0 Å². The third-order valence-corrected chi connectivity index (χ3v) is 5.67. The molecule has 1 atom stereocenters. The second-order valence-corrected chi connectivity index (χ2v) is 8.14. The Bertz CT molecular complexity index is 822. The lowest BCUT2D eigenvalue weighted by Gasteiger charge is -2.15.